The number of amides is 1. The minimum absolute atomic E-state index is 0.0251. The van der Waals surface area contributed by atoms with Crippen LogP contribution in [0.2, 0.25) is 5.02 Å². The molecule has 0 radical (unpaired) electrons. The first kappa shape index (κ1) is 19.8. The number of aryl methyl sites for hydroxylation is 1. The lowest BCUT2D eigenvalue weighted by molar-refractivity contribution is 0.0682. The number of carbonyl (C=O) groups excluding carboxylic acids is 1. The summed E-state index contributed by atoms with van der Waals surface area (Å²) in [5.41, 5.74) is 2.60. The molecule has 8 heteroatoms. The molecule has 1 aromatic carbocycles. The lowest BCUT2D eigenvalue weighted by Gasteiger charge is -2.32. The van der Waals surface area contributed by atoms with Gasteiger partial charge in [0.05, 0.1) is 11.2 Å². The van der Waals surface area contributed by atoms with Gasteiger partial charge in [-0.1, -0.05) is 32.4 Å². The Bertz CT molecular complexity index is 1130. The van der Waals surface area contributed by atoms with E-state index < -0.39 is 0 Å². The zero-order chi connectivity index (χ0) is 20.9. The number of halogens is 1. The van der Waals surface area contributed by atoms with Crippen molar-refractivity contribution in [3.05, 3.63) is 51.2 Å². The van der Waals surface area contributed by atoms with Gasteiger partial charge in [0, 0.05) is 36.6 Å². The number of nitrogens with zero attached hydrogens (tertiary/aromatic N) is 4. The van der Waals surface area contributed by atoms with Crippen LogP contribution in [0, 0.1) is 0 Å². The van der Waals surface area contributed by atoms with Crippen molar-refractivity contribution in [2.75, 3.05) is 13.1 Å². The van der Waals surface area contributed by atoms with Crippen LogP contribution in [-0.4, -0.2) is 38.2 Å². The third kappa shape index (κ3) is 3.59. The lowest BCUT2D eigenvalue weighted by atomic mass is 9.92. The van der Waals surface area contributed by atoms with Crippen LogP contribution in [0.1, 0.15) is 55.8 Å². The van der Waals surface area contributed by atoms with Crippen LogP contribution in [0.15, 0.2) is 33.5 Å². The fourth-order valence-electron chi connectivity index (χ4n) is 3.88. The molecule has 2 aromatic heterocycles. The number of benzene rings is 1. The van der Waals surface area contributed by atoms with E-state index in [1.54, 1.807) is 34.5 Å². The summed E-state index contributed by atoms with van der Waals surface area (Å²) in [6, 6.07) is 7.03. The highest BCUT2D eigenvalue weighted by Crippen LogP contribution is 2.28. The minimum Gasteiger partial charge on any atom is -0.408 e. The average Bonchev–Trinajstić information content (AvgIpc) is 3.20. The first-order valence-electron chi connectivity index (χ1n) is 9.79. The number of carbonyl (C=O) groups is 1. The average molecular weight is 417 g/mol. The number of aromatic nitrogens is 3. The van der Waals surface area contributed by atoms with Crippen LogP contribution < -0.4 is 5.76 Å². The third-order valence-corrected chi connectivity index (χ3v) is 5.79. The van der Waals surface area contributed by atoms with Crippen molar-refractivity contribution in [2.24, 2.45) is 7.05 Å². The molecule has 0 bridgehead atoms. The molecule has 1 amide bonds. The Morgan fingerprint density at radius 1 is 1.21 bits per heavy atom. The van der Waals surface area contributed by atoms with E-state index in [-0.39, 0.29) is 23.1 Å². The van der Waals surface area contributed by atoms with Gasteiger partial charge in [-0.2, -0.15) is 5.10 Å². The van der Waals surface area contributed by atoms with Gasteiger partial charge in [-0.3, -0.25) is 14.0 Å². The molecule has 1 fully saturated rings. The molecular weight excluding hydrogens is 392 g/mol. The van der Waals surface area contributed by atoms with Crippen molar-refractivity contribution in [3.8, 4) is 0 Å². The van der Waals surface area contributed by atoms with E-state index in [9.17, 15) is 9.59 Å². The highest BCUT2D eigenvalue weighted by Gasteiger charge is 2.30. The number of hydrogen-bond acceptors (Lipinski definition) is 4. The normalized spacial score (nSPS) is 16.0. The van der Waals surface area contributed by atoms with Crippen molar-refractivity contribution in [1.82, 2.24) is 19.2 Å². The van der Waals surface area contributed by atoms with Crippen molar-refractivity contribution < 1.29 is 9.21 Å². The minimum atomic E-state index is -0.381. The number of oxazole rings is 1. The second-order valence-corrected chi connectivity index (χ2v) is 9.10. The summed E-state index contributed by atoms with van der Waals surface area (Å²) in [7, 11) is 1.80. The smallest absolute Gasteiger partial charge is 0.408 e. The monoisotopic (exact) mass is 416 g/mol. The van der Waals surface area contributed by atoms with Gasteiger partial charge in [-0.15, -0.1) is 0 Å². The molecule has 3 aromatic rings. The van der Waals surface area contributed by atoms with Gasteiger partial charge >= 0.3 is 5.76 Å². The third-order valence-electron chi connectivity index (χ3n) is 5.56. The summed E-state index contributed by atoms with van der Waals surface area (Å²) in [4.78, 5) is 27.3. The molecule has 1 saturated heterocycles. The van der Waals surface area contributed by atoms with E-state index in [2.05, 4.69) is 25.9 Å². The van der Waals surface area contributed by atoms with Crippen LogP contribution >= 0.6 is 11.6 Å². The molecular formula is C21H25ClN4O3. The van der Waals surface area contributed by atoms with Gasteiger partial charge < -0.3 is 9.32 Å². The molecule has 0 atom stereocenters. The standard InChI is InChI=1S/C21H25ClN4O3/c1-21(2,3)18-12-16(24(4)23-18)19(27)25-9-7-14(8-10-25)26-15-11-13(22)5-6-17(15)29-20(26)28/h5-6,11-12,14H,7-10H2,1-4H3. The fourth-order valence-corrected chi connectivity index (χ4v) is 4.04. The topological polar surface area (TPSA) is 73.3 Å². The SMILES string of the molecule is Cn1nc(C(C)(C)C)cc1C(=O)N1CCC(n2c(=O)oc3ccc(Cl)cc32)CC1. The number of likely N-dealkylation sites (tertiary alicyclic amines) is 1. The van der Waals surface area contributed by atoms with Gasteiger partial charge in [0.2, 0.25) is 0 Å². The fraction of sp³-hybridized carbons (Fsp3) is 0.476. The summed E-state index contributed by atoms with van der Waals surface area (Å²) in [5, 5.41) is 5.07. The summed E-state index contributed by atoms with van der Waals surface area (Å²) >= 11 is 6.10. The van der Waals surface area contributed by atoms with Gasteiger partial charge in [0.1, 0.15) is 5.69 Å². The van der Waals surface area contributed by atoms with E-state index in [1.807, 2.05) is 11.0 Å². The first-order chi connectivity index (χ1) is 13.6. The zero-order valence-electron chi connectivity index (χ0n) is 17.1. The number of hydrogen-bond donors (Lipinski definition) is 0. The second kappa shape index (κ2) is 7.06. The van der Waals surface area contributed by atoms with Crippen LogP contribution in [0.25, 0.3) is 11.1 Å². The van der Waals surface area contributed by atoms with Crippen LogP contribution in [-0.2, 0) is 12.5 Å². The Hall–Kier alpha value is -2.54. The molecule has 0 N–H and O–H groups in total. The summed E-state index contributed by atoms with van der Waals surface area (Å²) in [5.74, 6) is -0.408. The molecule has 0 aliphatic carbocycles. The number of rotatable bonds is 2. The number of piperidine rings is 1. The van der Waals surface area contributed by atoms with Crippen molar-refractivity contribution in [1.29, 1.82) is 0 Å². The Kier molecular flexibility index (Phi) is 4.81. The van der Waals surface area contributed by atoms with E-state index in [1.165, 1.54) is 0 Å². The van der Waals surface area contributed by atoms with Gasteiger partial charge in [-0.25, -0.2) is 4.79 Å². The molecule has 154 valence electrons. The largest absolute Gasteiger partial charge is 0.420 e. The molecule has 0 spiro atoms. The number of fused-ring (bicyclic) bond motifs is 1. The van der Waals surface area contributed by atoms with E-state index in [4.69, 9.17) is 16.0 Å². The summed E-state index contributed by atoms with van der Waals surface area (Å²) in [6.45, 7) is 7.37. The van der Waals surface area contributed by atoms with Crippen LogP contribution in [0.5, 0.6) is 0 Å². The highest BCUT2D eigenvalue weighted by atomic mass is 35.5. The quantitative estimate of drug-likeness (QED) is 0.637. The van der Waals surface area contributed by atoms with Gasteiger partial charge in [0.15, 0.2) is 5.58 Å². The van der Waals surface area contributed by atoms with Crippen molar-refractivity contribution in [2.45, 2.75) is 45.1 Å². The van der Waals surface area contributed by atoms with Gasteiger partial charge in [0.25, 0.3) is 5.91 Å². The van der Waals surface area contributed by atoms with Crippen molar-refractivity contribution in [3.63, 3.8) is 0 Å². The molecule has 1 aliphatic rings. The Morgan fingerprint density at radius 3 is 2.52 bits per heavy atom. The molecule has 0 unspecified atom stereocenters. The second-order valence-electron chi connectivity index (χ2n) is 8.66. The lowest BCUT2D eigenvalue weighted by Crippen LogP contribution is -2.41. The summed E-state index contributed by atoms with van der Waals surface area (Å²) < 4.78 is 8.69. The van der Waals surface area contributed by atoms with Gasteiger partial charge in [-0.05, 0) is 37.1 Å². The maximum atomic E-state index is 13.0. The maximum Gasteiger partial charge on any atom is 0.420 e. The molecule has 7 nitrogen and oxygen atoms in total. The molecule has 3 heterocycles. The highest BCUT2D eigenvalue weighted by molar-refractivity contribution is 6.31. The molecule has 29 heavy (non-hydrogen) atoms. The Labute approximate surface area is 173 Å². The van der Waals surface area contributed by atoms with E-state index in [0.29, 0.717) is 47.7 Å². The van der Waals surface area contributed by atoms with E-state index >= 15 is 0 Å². The summed E-state index contributed by atoms with van der Waals surface area (Å²) in [6.07, 6.45) is 1.35. The van der Waals surface area contributed by atoms with Crippen LogP contribution in [0.3, 0.4) is 0 Å². The predicted molar refractivity (Wildman–Crippen MR) is 112 cm³/mol. The van der Waals surface area contributed by atoms with Crippen LogP contribution in [0.4, 0.5) is 0 Å². The Balaban J connectivity index is 1.53. The Morgan fingerprint density at radius 2 is 1.90 bits per heavy atom. The maximum absolute atomic E-state index is 13.0. The zero-order valence-corrected chi connectivity index (χ0v) is 17.9. The molecule has 1 aliphatic heterocycles. The molecule has 4 rings (SSSR count). The first-order valence-corrected chi connectivity index (χ1v) is 10.2. The predicted octanol–water partition coefficient (Wildman–Crippen LogP) is 3.76. The van der Waals surface area contributed by atoms with E-state index in [0.717, 1.165) is 5.69 Å². The van der Waals surface area contributed by atoms with Crippen molar-refractivity contribution >= 4 is 28.6 Å². The molecule has 0 saturated carbocycles.